The molecule has 11 nitrogen and oxygen atoms in total. The molecule has 0 aliphatic rings. The molecule has 204 valence electrons. The molecule has 2 atom stereocenters. The van der Waals surface area contributed by atoms with Crippen LogP contribution in [-0.2, 0) is 31.0 Å². The van der Waals surface area contributed by atoms with Gasteiger partial charge < -0.3 is 24.5 Å². The van der Waals surface area contributed by atoms with Crippen molar-refractivity contribution in [2.24, 2.45) is 0 Å². The minimum Gasteiger partial charge on any atom is -0.487 e. The van der Waals surface area contributed by atoms with Crippen LogP contribution in [0.25, 0.3) is 11.0 Å². The Morgan fingerprint density at radius 1 is 1.18 bits per heavy atom. The number of fused-ring (bicyclic) bond motifs is 1. The number of aromatic nitrogens is 2. The van der Waals surface area contributed by atoms with Crippen LogP contribution in [0.4, 0.5) is 5.69 Å². The lowest BCUT2D eigenvalue weighted by atomic mass is 10.2. The zero-order valence-corrected chi connectivity index (χ0v) is 23.0. The third-order valence-corrected chi connectivity index (χ3v) is 7.67. The molecule has 0 saturated carbocycles. The Labute approximate surface area is 225 Å². The molecule has 0 spiro atoms. The van der Waals surface area contributed by atoms with Crippen molar-refractivity contribution >= 4 is 56.7 Å². The van der Waals surface area contributed by atoms with E-state index in [-0.39, 0.29) is 28.1 Å². The molecule has 0 aliphatic heterocycles. The van der Waals surface area contributed by atoms with Gasteiger partial charge in [-0.25, -0.2) is 18.1 Å². The highest BCUT2D eigenvalue weighted by Crippen LogP contribution is 2.31. The van der Waals surface area contributed by atoms with Crippen LogP contribution in [0.15, 0.2) is 52.5 Å². The van der Waals surface area contributed by atoms with Gasteiger partial charge in [0.15, 0.2) is 5.16 Å². The first kappa shape index (κ1) is 29.1. The van der Waals surface area contributed by atoms with Crippen molar-refractivity contribution in [1.82, 2.24) is 14.3 Å². The Morgan fingerprint density at radius 2 is 1.89 bits per heavy atom. The number of para-hydroxylation sites is 2. The van der Waals surface area contributed by atoms with Gasteiger partial charge in [-0.15, -0.1) is 0 Å². The number of rotatable bonds is 13. The van der Waals surface area contributed by atoms with Crippen LogP contribution in [0, 0.1) is 0 Å². The number of carbonyl (C=O) groups is 3. The number of nitrogens with one attached hydrogen (secondary N) is 2. The number of aldehydes is 1. The molecule has 0 bridgehead atoms. The van der Waals surface area contributed by atoms with Crippen LogP contribution in [0.5, 0.6) is 5.75 Å². The molecule has 0 radical (unpaired) electrons. The smallest absolute Gasteiger partial charge is 0.305 e. The van der Waals surface area contributed by atoms with Gasteiger partial charge in [0, 0.05) is 23.9 Å². The Morgan fingerprint density at radius 3 is 2.53 bits per heavy atom. The molecule has 13 heteroatoms. The first-order valence-corrected chi connectivity index (χ1v) is 14.2. The van der Waals surface area contributed by atoms with Crippen LogP contribution >= 0.6 is 11.8 Å². The summed E-state index contributed by atoms with van der Waals surface area (Å²) in [5, 5.41) is 12.6. The lowest BCUT2D eigenvalue weighted by molar-refractivity contribution is -0.138. The molecule has 0 saturated heterocycles. The number of amides is 1. The number of hydrogen-bond donors (Lipinski definition) is 3. The van der Waals surface area contributed by atoms with E-state index < -0.39 is 34.6 Å². The van der Waals surface area contributed by atoms with E-state index in [4.69, 9.17) is 14.8 Å². The second-order valence-electron chi connectivity index (χ2n) is 8.89. The summed E-state index contributed by atoms with van der Waals surface area (Å²) in [6, 6.07) is 10.2. The summed E-state index contributed by atoms with van der Waals surface area (Å²) < 4.78 is 36.5. The summed E-state index contributed by atoms with van der Waals surface area (Å²) >= 11 is 1.59. The highest BCUT2D eigenvalue weighted by atomic mass is 32.2. The monoisotopic (exact) mass is 562 g/mol. The van der Waals surface area contributed by atoms with Crippen LogP contribution in [-0.4, -0.2) is 58.6 Å². The Balaban J connectivity index is 1.96. The zero-order valence-electron chi connectivity index (χ0n) is 21.4. The van der Waals surface area contributed by atoms with Crippen LogP contribution in [0.2, 0.25) is 0 Å². The van der Waals surface area contributed by atoms with E-state index in [0.29, 0.717) is 12.2 Å². The number of carboxylic acid groups (broad SMARTS) is 1. The first-order valence-electron chi connectivity index (χ1n) is 11.8. The highest BCUT2D eigenvalue weighted by molar-refractivity contribution is 7.99. The van der Waals surface area contributed by atoms with Crippen molar-refractivity contribution in [1.29, 1.82) is 0 Å². The minimum absolute atomic E-state index is 0.0706. The Hall–Kier alpha value is -3.42. The van der Waals surface area contributed by atoms with Crippen LogP contribution in [0.1, 0.15) is 34.1 Å². The van der Waals surface area contributed by atoms with E-state index in [2.05, 4.69) is 23.9 Å². The third-order valence-electron chi connectivity index (χ3n) is 5.15. The lowest BCUT2D eigenvalue weighted by Gasteiger charge is -2.21. The number of carboxylic acids is 1. The predicted molar refractivity (Wildman–Crippen MR) is 144 cm³/mol. The summed E-state index contributed by atoms with van der Waals surface area (Å²) in [4.78, 5) is 38.3. The summed E-state index contributed by atoms with van der Waals surface area (Å²) in [5.41, 5.74) is 2.02. The van der Waals surface area contributed by atoms with Crippen LogP contribution < -0.4 is 14.8 Å². The lowest BCUT2D eigenvalue weighted by Crippen LogP contribution is -2.37. The number of thioether (sulfide) groups is 1. The maximum atomic E-state index is 13.1. The third kappa shape index (κ3) is 7.55. The first-order chi connectivity index (χ1) is 17.9. The molecule has 1 heterocycles. The topological polar surface area (TPSA) is 157 Å². The van der Waals surface area contributed by atoms with E-state index >= 15 is 0 Å². The number of imidazole rings is 1. The number of nitrogens with zero attached hydrogens (tertiary/aromatic N) is 2. The van der Waals surface area contributed by atoms with Gasteiger partial charge in [-0.1, -0.05) is 37.7 Å². The summed E-state index contributed by atoms with van der Waals surface area (Å²) in [7, 11) is -4.37. The molecule has 0 fully saturated rings. The predicted octanol–water partition coefficient (Wildman–Crippen LogP) is 3.28. The second kappa shape index (κ2) is 12.4. The largest absolute Gasteiger partial charge is 0.487 e. The fourth-order valence-corrected chi connectivity index (χ4v) is 5.87. The maximum absolute atomic E-state index is 13.1. The van der Waals surface area contributed by atoms with Gasteiger partial charge in [0.25, 0.3) is 0 Å². The van der Waals surface area contributed by atoms with Crippen LogP contribution in [0.3, 0.4) is 0 Å². The number of benzene rings is 2. The molecule has 2 aromatic carbocycles. The maximum Gasteiger partial charge on any atom is 0.305 e. The number of anilines is 1. The van der Waals surface area contributed by atoms with Crippen molar-refractivity contribution in [2.45, 2.75) is 68.1 Å². The van der Waals surface area contributed by atoms with Gasteiger partial charge in [-0.05, 0) is 31.2 Å². The summed E-state index contributed by atoms with van der Waals surface area (Å²) in [6.07, 6.45) is -1.05. The van der Waals surface area contributed by atoms with Crippen molar-refractivity contribution in [3.05, 3.63) is 42.5 Å². The van der Waals surface area contributed by atoms with Gasteiger partial charge in [0.1, 0.15) is 23.0 Å². The van der Waals surface area contributed by atoms with E-state index in [0.717, 1.165) is 16.2 Å². The van der Waals surface area contributed by atoms with Gasteiger partial charge in [-0.3, -0.25) is 9.59 Å². The Bertz CT molecular complexity index is 1440. The quantitative estimate of drug-likeness (QED) is 0.210. The fourth-order valence-electron chi connectivity index (χ4n) is 3.71. The molecule has 3 aromatic rings. The minimum atomic E-state index is -4.37. The Kier molecular flexibility index (Phi) is 9.52. The standard InChI is InChI=1S/C25H30N4O7S2/c1-15(2)37-25-27-20-7-5-6-8-21(20)29(25)13-16(3)36-22-11-18(26-17(4)31)9-10-23(22)38(34,35)28-19(14-30)12-24(32)33/h5-11,14-16,19,28H,12-13H2,1-4H3,(H,26,31)(H,32,33). The molecule has 1 amide bonds. The van der Waals surface area contributed by atoms with Crippen molar-refractivity contribution in [3.8, 4) is 5.75 Å². The molecular weight excluding hydrogens is 532 g/mol. The number of aliphatic carboxylic acids is 1. The fraction of sp³-hybridized carbons (Fsp3) is 0.360. The molecule has 3 rings (SSSR count). The second-order valence-corrected chi connectivity index (χ2v) is 12.1. The average Bonchev–Trinajstić information content (AvgIpc) is 3.13. The zero-order chi connectivity index (χ0) is 28.0. The highest BCUT2D eigenvalue weighted by Gasteiger charge is 2.27. The van der Waals surface area contributed by atoms with Crippen molar-refractivity contribution in [2.75, 3.05) is 5.32 Å². The van der Waals surface area contributed by atoms with Crippen molar-refractivity contribution < 1.29 is 32.6 Å². The number of carbonyl (C=O) groups excluding carboxylic acids is 2. The summed E-state index contributed by atoms with van der Waals surface area (Å²) in [6.45, 7) is 7.54. The SMILES string of the molecule is CC(=O)Nc1ccc(S(=O)(=O)NC(C=O)CC(=O)O)c(OC(C)Cn2c(SC(C)C)nc3ccccc32)c1. The normalized spacial score (nSPS) is 13.3. The molecule has 1 aromatic heterocycles. The van der Waals surface area contributed by atoms with E-state index in [9.17, 15) is 22.8 Å². The summed E-state index contributed by atoms with van der Waals surface area (Å²) in [5.74, 6) is -1.77. The number of sulfonamides is 1. The average molecular weight is 563 g/mol. The van der Waals surface area contributed by atoms with Gasteiger partial charge in [0.2, 0.25) is 15.9 Å². The van der Waals surface area contributed by atoms with Gasteiger partial charge in [-0.2, -0.15) is 0 Å². The molecular formula is C25H30N4O7S2. The number of ether oxygens (including phenoxy) is 1. The van der Waals surface area contributed by atoms with E-state index in [1.54, 1.807) is 18.7 Å². The van der Waals surface area contributed by atoms with Gasteiger partial charge in [0.05, 0.1) is 30.0 Å². The van der Waals surface area contributed by atoms with E-state index in [1.165, 1.54) is 25.1 Å². The van der Waals surface area contributed by atoms with E-state index in [1.807, 2.05) is 28.8 Å². The molecule has 0 aliphatic carbocycles. The van der Waals surface area contributed by atoms with Gasteiger partial charge >= 0.3 is 5.97 Å². The van der Waals surface area contributed by atoms with Crippen molar-refractivity contribution in [3.63, 3.8) is 0 Å². The number of hydrogen-bond acceptors (Lipinski definition) is 8. The molecule has 38 heavy (non-hydrogen) atoms. The molecule has 3 N–H and O–H groups in total. The molecule has 2 unspecified atom stereocenters.